The Labute approximate surface area is 128 Å². The summed E-state index contributed by atoms with van der Waals surface area (Å²) in [4.78, 5) is 3.96. The van der Waals surface area contributed by atoms with Crippen LogP contribution >= 0.6 is 11.3 Å². The standard InChI is InChI=1S/C14H16N2O3S2/c17-21(18,14-2-1-9-20-14)16-8-5-13(10-16)19-11-12-3-6-15-7-4-12/h1-4,6-7,9,13H,5,8,10-11H2/t13-/m1/s1. The molecule has 0 radical (unpaired) electrons. The Morgan fingerprint density at radius 2 is 2.14 bits per heavy atom. The third kappa shape index (κ3) is 3.32. The minimum atomic E-state index is -3.35. The molecule has 1 fully saturated rings. The summed E-state index contributed by atoms with van der Waals surface area (Å²) in [6.45, 7) is 1.42. The smallest absolute Gasteiger partial charge is 0.252 e. The number of aromatic nitrogens is 1. The summed E-state index contributed by atoms with van der Waals surface area (Å²) in [7, 11) is -3.35. The van der Waals surface area contributed by atoms with Crippen LogP contribution in [-0.4, -0.2) is 36.9 Å². The van der Waals surface area contributed by atoms with E-state index in [1.165, 1.54) is 15.6 Å². The predicted octanol–water partition coefficient (Wildman–Crippen LogP) is 2.12. The molecule has 0 saturated carbocycles. The van der Waals surface area contributed by atoms with E-state index in [1.807, 2.05) is 12.1 Å². The van der Waals surface area contributed by atoms with Gasteiger partial charge in [0.2, 0.25) is 0 Å². The Bertz CT molecular complexity index is 672. The number of hydrogen-bond donors (Lipinski definition) is 0. The van der Waals surface area contributed by atoms with E-state index in [-0.39, 0.29) is 6.10 Å². The Morgan fingerprint density at radius 3 is 2.86 bits per heavy atom. The highest BCUT2D eigenvalue weighted by Gasteiger charge is 2.33. The Kier molecular flexibility index (Phi) is 4.34. The molecule has 21 heavy (non-hydrogen) atoms. The van der Waals surface area contributed by atoms with Crippen LogP contribution in [0.25, 0.3) is 0 Å². The van der Waals surface area contributed by atoms with Gasteiger partial charge in [-0.3, -0.25) is 4.98 Å². The summed E-state index contributed by atoms with van der Waals surface area (Å²) < 4.78 is 32.5. The number of pyridine rings is 1. The first-order valence-corrected chi connectivity index (χ1v) is 9.02. The van der Waals surface area contributed by atoms with E-state index in [2.05, 4.69) is 4.98 Å². The summed E-state index contributed by atoms with van der Waals surface area (Å²) >= 11 is 1.25. The van der Waals surface area contributed by atoms with Crippen molar-refractivity contribution < 1.29 is 13.2 Å². The van der Waals surface area contributed by atoms with Crippen molar-refractivity contribution >= 4 is 21.4 Å². The van der Waals surface area contributed by atoms with Gasteiger partial charge in [0.05, 0.1) is 12.7 Å². The summed E-state index contributed by atoms with van der Waals surface area (Å²) in [5.74, 6) is 0. The van der Waals surface area contributed by atoms with Crippen LogP contribution in [0.15, 0.2) is 46.2 Å². The highest BCUT2D eigenvalue weighted by Crippen LogP contribution is 2.25. The van der Waals surface area contributed by atoms with E-state index >= 15 is 0 Å². The lowest BCUT2D eigenvalue weighted by Gasteiger charge is -2.15. The number of rotatable bonds is 5. The molecule has 0 unspecified atom stereocenters. The van der Waals surface area contributed by atoms with Crippen molar-refractivity contribution in [2.24, 2.45) is 0 Å². The summed E-state index contributed by atoms with van der Waals surface area (Å²) in [6, 6.07) is 7.19. The molecule has 0 N–H and O–H groups in total. The topological polar surface area (TPSA) is 59.5 Å². The first kappa shape index (κ1) is 14.6. The molecule has 7 heteroatoms. The van der Waals surface area contributed by atoms with Crippen LogP contribution in [0.5, 0.6) is 0 Å². The quantitative estimate of drug-likeness (QED) is 0.845. The maximum absolute atomic E-state index is 12.4. The van der Waals surface area contributed by atoms with E-state index in [0.717, 1.165) is 12.0 Å². The molecule has 0 aromatic carbocycles. The van der Waals surface area contributed by atoms with Gasteiger partial charge in [-0.05, 0) is 35.6 Å². The van der Waals surface area contributed by atoms with Gasteiger partial charge in [-0.25, -0.2) is 8.42 Å². The predicted molar refractivity (Wildman–Crippen MR) is 80.5 cm³/mol. The lowest BCUT2D eigenvalue weighted by Crippen LogP contribution is -2.29. The summed E-state index contributed by atoms with van der Waals surface area (Å²) in [6.07, 6.45) is 4.13. The molecule has 0 aliphatic carbocycles. The largest absolute Gasteiger partial charge is 0.372 e. The molecule has 2 aromatic rings. The number of hydrogen-bond acceptors (Lipinski definition) is 5. The maximum atomic E-state index is 12.4. The molecule has 0 bridgehead atoms. The molecular formula is C14H16N2O3S2. The third-order valence-corrected chi connectivity index (χ3v) is 6.67. The molecule has 1 saturated heterocycles. The van der Waals surface area contributed by atoms with E-state index in [4.69, 9.17) is 4.74 Å². The van der Waals surface area contributed by atoms with Crippen molar-refractivity contribution in [2.75, 3.05) is 13.1 Å². The van der Waals surface area contributed by atoms with Gasteiger partial charge >= 0.3 is 0 Å². The molecule has 1 atom stereocenters. The van der Waals surface area contributed by atoms with Crippen molar-refractivity contribution in [1.29, 1.82) is 0 Å². The van der Waals surface area contributed by atoms with Crippen LogP contribution < -0.4 is 0 Å². The highest BCUT2D eigenvalue weighted by atomic mass is 32.2. The van der Waals surface area contributed by atoms with Gasteiger partial charge in [-0.15, -0.1) is 11.3 Å². The van der Waals surface area contributed by atoms with Crippen LogP contribution in [0, 0.1) is 0 Å². The molecule has 1 aliphatic heterocycles. The molecule has 3 rings (SSSR count). The summed E-state index contributed by atoms with van der Waals surface area (Å²) in [5.41, 5.74) is 1.05. The highest BCUT2D eigenvalue weighted by molar-refractivity contribution is 7.91. The molecule has 112 valence electrons. The Morgan fingerprint density at radius 1 is 1.33 bits per heavy atom. The lowest BCUT2D eigenvalue weighted by molar-refractivity contribution is 0.0508. The van der Waals surface area contributed by atoms with Gasteiger partial charge in [-0.1, -0.05) is 6.07 Å². The second-order valence-corrected chi connectivity index (χ2v) is 7.98. The zero-order valence-corrected chi connectivity index (χ0v) is 13.0. The van der Waals surface area contributed by atoms with Crippen molar-refractivity contribution in [1.82, 2.24) is 9.29 Å². The molecule has 1 aliphatic rings. The second-order valence-electron chi connectivity index (χ2n) is 4.87. The normalized spacial score (nSPS) is 19.9. The third-order valence-electron chi connectivity index (χ3n) is 3.43. The van der Waals surface area contributed by atoms with Gasteiger partial charge in [0.15, 0.2) is 0 Å². The first-order chi connectivity index (χ1) is 10.2. The number of thiophene rings is 1. The van der Waals surface area contributed by atoms with Crippen LogP contribution in [0.2, 0.25) is 0 Å². The average Bonchev–Trinajstić information content (AvgIpc) is 3.18. The number of ether oxygens (including phenoxy) is 1. The molecular weight excluding hydrogens is 308 g/mol. The first-order valence-electron chi connectivity index (χ1n) is 6.70. The van der Waals surface area contributed by atoms with Crippen LogP contribution in [0.3, 0.4) is 0 Å². The van der Waals surface area contributed by atoms with Crippen molar-refractivity contribution in [3.63, 3.8) is 0 Å². The molecule has 0 amide bonds. The second kappa shape index (κ2) is 6.23. The van der Waals surface area contributed by atoms with Gasteiger partial charge in [0.25, 0.3) is 10.0 Å². The zero-order chi connectivity index (χ0) is 14.7. The number of nitrogens with zero attached hydrogens (tertiary/aromatic N) is 2. The van der Waals surface area contributed by atoms with Crippen LogP contribution in [0.1, 0.15) is 12.0 Å². The minimum Gasteiger partial charge on any atom is -0.372 e. The molecule has 5 nitrogen and oxygen atoms in total. The van der Waals surface area contributed by atoms with Crippen LogP contribution in [-0.2, 0) is 21.4 Å². The fourth-order valence-corrected chi connectivity index (χ4v) is 4.91. The van der Waals surface area contributed by atoms with E-state index < -0.39 is 10.0 Å². The van der Waals surface area contributed by atoms with Crippen molar-refractivity contribution in [3.05, 3.63) is 47.6 Å². The Hall–Kier alpha value is -1.28. The SMILES string of the molecule is O=S(=O)(c1cccs1)N1CC[C@@H](OCc2ccncc2)C1. The molecule has 0 spiro atoms. The van der Waals surface area contributed by atoms with Gasteiger partial charge in [-0.2, -0.15) is 4.31 Å². The average molecular weight is 324 g/mol. The monoisotopic (exact) mass is 324 g/mol. The minimum absolute atomic E-state index is 0.0482. The van der Waals surface area contributed by atoms with Crippen molar-refractivity contribution in [3.8, 4) is 0 Å². The number of sulfonamides is 1. The zero-order valence-electron chi connectivity index (χ0n) is 11.4. The van der Waals surface area contributed by atoms with E-state index in [9.17, 15) is 8.42 Å². The van der Waals surface area contributed by atoms with Crippen molar-refractivity contribution in [2.45, 2.75) is 23.3 Å². The fraction of sp³-hybridized carbons (Fsp3) is 0.357. The molecule has 2 aromatic heterocycles. The van der Waals surface area contributed by atoms with Crippen LogP contribution in [0.4, 0.5) is 0 Å². The van der Waals surface area contributed by atoms with Gasteiger partial charge in [0, 0.05) is 25.5 Å². The Balaban J connectivity index is 1.59. The van der Waals surface area contributed by atoms with Gasteiger partial charge in [0.1, 0.15) is 4.21 Å². The summed E-state index contributed by atoms with van der Waals surface area (Å²) in [5, 5.41) is 1.78. The lowest BCUT2D eigenvalue weighted by atomic mass is 10.3. The fourth-order valence-electron chi connectivity index (χ4n) is 2.28. The maximum Gasteiger partial charge on any atom is 0.252 e. The molecule has 3 heterocycles. The van der Waals surface area contributed by atoms with Gasteiger partial charge < -0.3 is 4.74 Å². The van der Waals surface area contributed by atoms with E-state index in [1.54, 1.807) is 29.9 Å². The van der Waals surface area contributed by atoms with E-state index in [0.29, 0.717) is 23.9 Å².